The number of quaternary nitrogens is 2. The SMILES string of the molecule is CC1=NC=C[NH+]1C.CC1=NC=C[NH+]1C.F[B-](F)(F)F.F[B-](F)(F)F. The first-order valence-electron chi connectivity index (χ1n) is 6.45. The standard InChI is InChI=1S/2C5H8N2.2BF4/c2*1-5-6-3-4-7(5)2;2*2-1(3,4)5/h2*3-4H,1-2H3;;/q;;2*-1/p+2. The van der Waals surface area contributed by atoms with Crippen molar-refractivity contribution >= 4 is 26.2 Å². The van der Waals surface area contributed by atoms with Crippen LogP contribution in [-0.2, 0) is 0 Å². The zero-order valence-electron chi connectivity index (χ0n) is 13.4. The first-order valence-corrected chi connectivity index (χ1v) is 6.45. The predicted molar refractivity (Wildman–Crippen MR) is 78.6 cm³/mol. The Hall–Kier alpha value is -1.69. The summed E-state index contributed by atoms with van der Waals surface area (Å²) in [7, 11) is -7.88. The molecule has 0 radical (unpaired) electrons. The van der Waals surface area contributed by atoms with Gasteiger partial charge >= 0.3 is 14.5 Å². The van der Waals surface area contributed by atoms with E-state index < -0.39 is 14.5 Å². The number of hydrogen-bond acceptors (Lipinski definition) is 2. The molecule has 0 aromatic rings. The van der Waals surface area contributed by atoms with Crippen molar-refractivity contribution in [3.63, 3.8) is 0 Å². The summed E-state index contributed by atoms with van der Waals surface area (Å²) < 4.78 is 78.0. The van der Waals surface area contributed by atoms with E-state index in [1.165, 1.54) is 9.80 Å². The van der Waals surface area contributed by atoms with Gasteiger partial charge in [-0.2, -0.15) is 0 Å². The molecule has 0 aromatic heterocycles. The molecule has 0 bridgehead atoms. The maximum absolute atomic E-state index is 9.75. The summed E-state index contributed by atoms with van der Waals surface area (Å²) in [5.41, 5.74) is 0. The monoisotopic (exact) mass is 368 g/mol. The zero-order valence-corrected chi connectivity index (χ0v) is 13.4. The molecule has 0 amide bonds. The van der Waals surface area contributed by atoms with E-state index in [1.54, 1.807) is 0 Å². The maximum atomic E-state index is 9.75. The molecule has 140 valence electrons. The van der Waals surface area contributed by atoms with Gasteiger partial charge in [0, 0.05) is 13.8 Å². The highest BCUT2D eigenvalue weighted by Crippen LogP contribution is 2.07. The van der Waals surface area contributed by atoms with Crippen LogP contribution in [0.1, 0.15) is 13.8 Å². The number of aliphatic imine (C=N–C) groups is 2. The molecule has 24 heavy (non-hydrogen) atoms. The predicted octanol–water partition coefficient (Wildman–Crippen LogP) is 1.41. The largest absolute Gasteiger partial charge is 0.673 e. The first-order chi connectivity index (χ1) is 10.6. The van der Waals surface area contributed by atoms with Gasteiger partial charge in [0.1, 0.15) is 12.4 Å². The molecule has 2 N–H and O–H groups in total. The van der Waals surface area contributed by atoms with Gasteiger partial charge in [0.25, 0.3) is 0 Å². The van der Waals surface area contributed by atoms with Crippen molar-refractivity contribution in [3.8, 4) is 0 Å². The molecule has 0 fully saturated rings. The average Bonchev–Trinajstić information content (AvgIpc) is 2.86. The van der Waals surface area contributed by atoms with Crippen LogP contribution in [0.5, 0.6) is 0 Å². The lowest BCUT2D eigenvalue weighted by atomic mass is 10.3. The van der Waals surface area contributed by atoms with Gasteiger partial charge in [0.05, 0.1) is 26.5 Å². The second-order valence-electron chi connectivity index (χ2n) is 4.42. The van der Waals surface area contributed by atoms with Gasteiger partial charge < -0.3 is 34.5 Å². The Balaban J connectivity index is 0. The molecule has 2 aliphatic rings. The topological polar surface area (TPSA) is 33.6 Å². The molecule has 2 aliphatic heterocycles. The molecule has 2 atom stereocenters. The van der Waals surface area contributed by atoms with Gasteiger partial charge in [0.15, 0.2) is 0 Å². The molecule has 4 nitrogen and oxygen atoms in total. The van der Waals surface area contributed by atoms with E-state index in [4.69, 9.17) is 0 Å². The number of halogens is 8. The number of nitrogens with one attached hydrogen (secondary N) is 2. The summed E-state index contributed by atoms with van der Waals surface area (Å²) in [6.45, 7) is 4.02. The quantitative estimate of drug-likeness (QED) is 0.479. The van der Waals surface area contributed by atoms with E-state index in [0.717, 1.165) is 11.7 Å². The molecule has 0 aromatic carbocycles. The molecule has 2 unspecified atom stereocenters. The third kappa shape index (κ3) is 22.6. The Morgan fingerprint density at radius 3 is 0.917 bits per heavy atom. The van der Waals surface area contributed by atoms with E-state index in [-0.39, 0.29) is 0 Å². The van der Waals surface area contributed by atoms with Crippen molar-refractivity contribution in [2.45, 2.75) is 13.8 Å². The Morgan fingerprint density at radius 2 is 0.875 bits per heavy atom. The highest BCUT2D eigenvalue weighted by atomic mass is 19.5. The van der Waals surface area contributed by atoms with Crippen LogP contribution in [0, 0.1) is 0 Å². The van der Waals surface area contributed by atoms with Crippen molar-refractivity contribution in [2.24, 2.45) is 9.98 Å². The molecule has 0 saturated carbocycles. The van der Waals surface area contributed by atoms with Crippen LogP contribution in [-0.4, -0.2) is 40.3 Å². The van der Waals surface area contributed by atoms with Crippen molar-refractivity contribution in [1.29, 1.82) is 0 Å². The molecule has 0 saturated heterocycles. The minimum atomic E-state index is -6.00. The normalized spacial score (nSPS) is 21.5. The lowest BCUT2D eigenvalue weighted by molar-refractivity contribution is -0.718. The molecule has 2 heterocycles. The summed E-state index contributed by atoms with van der Waals surface area (Å²) in [4.78, 5) is 10.6. The van der Waals surface area contributed by atoms with Gasteiger partial charge in [-0.3, -0.25) is 9.80 Å². The third-order valence-electron chi connectivity index (χ3n) is 2.33. The Morgan fingerprint density at radius 1 is 0.667 bits per heavy atom. The lowest BCUT2D eigenvalue weighted by Crippen LogP contribution is -3.05. The Bertz CT molecular complexity index is 428. The molecular weight excluding hydrogens is 350 g/mol. The number of amidine groups is 2. The molecule has 0 spiro atoms. The van der Waals surface area contributed by atoms with E-state index in [2.05, 4.69) is 24.1 Å². The van der Waals surface area contributed by atoms with Crippen LogP contribution >= 0.6 is 0 Å². The zero-order chi connectivity index (χ0) is 19.6. The van der Waals surface area contributed by atoms with Gasteiger partial charge in [-0.25, -0.2) is 9.98 Å². The molecular formula is C10H18B2F8N4. The molecule has 2 rings (SSSR count). The first kappa shape index (κ1) is 24.6. The highest BCUT2D eigenvalue weighted by molar-refractivity contribution is 6.50. The van der Waals surface area contributed by atoms with Crippen molar-refractivity contribution < 1.29 is 44.3 Å². The van der Waals surface area contributed by atoms with E-state index in [1.807, 2.05) is 38.6 Å². The third-order valence-corrected chi connectivity index (χ3v) is 2.33. The minimum absolute atomic E-state index is 1.14. The number of rotatable bonds is 0. The van der Waals surface area contributed by atoms with Gasteiger partial charge in [-0.1, -0.05) is 0 Å². The summed E-state index contributed by atoms with van der Waals surface area (Å²) in [6, 6.07) is 0. The molecule has 14 heteroatoms. The number of nitrogens with zero attached hydrogens (tertiary/aromatic N) is 2. The van der Waals surface area contributed by atoms with E-state index in [9.17, 15) is 34.5 Å². The van der Waals surface area contributed by atoms with Crippen LogP contribution in [0.2, 0.25) is 0 Å². The Labute approximate surface area is 134 Å². The fourth-order valence-electron chi connectivity index (χ4n) is 0.967. The van der Waals surface area contributed by atoms with Crippen molar-refractivity contribution in [3.05, 3.63) is 24.8 Å². The second kappa shape index (κ2) is 11.0. The minimum Gasteiger partial charge on any atom is -0.418 e. The number of hydrogen-bond donors (Lipinski definition) is 2. The smallest absolute Gasteiger partial charge is 0.418 e. The lowest BCUT2D eigenvalue weighted by Gasteiger charge is -1.96. The van der Waals surface area contributed by atoms with Crippen LogP contribution < -0.4 is 9.80 Å². The fraction of sp³-hybridized carbons (Fsp3) is 0.400. The summed E-state index contributed by atoms with van der Waals surface area (Å²) >= 11 is 0. The highest BCUT2D eigenvalue weighted by Gasteiger charge is 2.21. The van der Waals surface area contributed by atoms with Crippen LogP contribution in [0.15, 0.2) is 34.8 Å². The van der Waals surface area contributed by atoms with Gasteiger partial charge in [-0.05, 0) is 0 Å². The summed E-state index contributed by atoms with van der Waals surface area (Å²) in [6.07, 6.45) is 7.67. The second-order valence-corrected chi connectivity index (χ2v) is 4.42. The Kier molecular flexibility index (Phi) is 11.2. The van der Waals surface area contributed by atoms with Crippen LogP contribution in [0.25, 0.3) is 0 Å². The molecule has 0 aliphatic carbocycles. The average molecular weight is 368 g/mol. The van der Waals surface area contributed by atoms with E-state index >= 15 is 0 Å². The van der Waals surface area contributed by atoms with Gasteiger partial charge in [-0.15, -0.1) is 0 Å². The van der Waals surface area contributed by atoms with Crippen molar-refractivity contribution in [1.82, 2.24) is 0 Å². The van der Waals surface area contributed by atoms with Crippen LogP contribution in [0.3, 0.4) is 0 Å². The van der Waals surface area contributed by atoms with E-state index in [0.29, 0.717) is 0 Å². The van der Waals surface area contributed by atoms with Crippen molar-refractivity contribution in [2.75, 3.05) is 14.1 Å². The van der Waals surface area contributed by atoms with Crippen LogP contribution in [0.4, 0.5) is 34.5 Å². The fourth-order valence-corrected chi connectivity index (χ4v) is 0.967. The summed E-state index contributed by atoms with van der Waals surface area (Å²) in [5, 5.41) is 0. The maximum Gasteiger partial charge on any atom is 0.673 e. The summed E-state index contributed by atoms with van der Waals surface area (Å²) in [5.74, 6) is 2.28. The van der Waals surface area contributed by atoms with Gasteiger partial charge in [0.2, 0.25) is 11.7 Å².